The molecule has 4 N–H and O–H groups in total. The number of imidazole rings is 2. The van der Waals surface area contributed by atoms with Gasteiger partial charge in [0.05, 0.1) is 49.2 Å². The summed E-state index contributed by atoms with van der Waals surface area (Å²) in [4.78, 5) is 73.3. The van der Waals surface area contributed by atoms with Gasteiger partial charge in [0.1, 0.15) is 36.1 Å². The van der Waals surface area contributed by atoms with E-state index in [1.54, 1.807) is 4.90 Å². The van der Waals surface area contributed by atoms with Crippen LogP contribution in [0.15, 0.2) is 79.0 Å². The molecule has 6 atom stereocenters. The fourth-order valence-corrected chi connectivity index (χ4v) is 9.59. The van der Waals surface area contributed by atoms with Crippen molar-refractivity contribution in [3.8, 4) is 28.1 Å². The van der Waals surface area contributed by atoms with Crippen LogP contribution in [0.4, 0.5) is 9.59 Å². The average molecular weight is 853 g/mol. The van der Waals surface area contributed by atoms with Crippen molar-refractivity contribution >= 4 is 45.8 Å². The van der Waals surface area contributed by atoms with Gasteiger partial charge in [0.15, 0.2) is 0 Å². The molecule has 0 radical (unpaired) electrons. The molecule has 6 aromatic rings. The molecule has 4 amide bonds. The molecule has 1 unspecified atom stereocenters. The van der Waals surface area contributed by atoms with E-state index in [1.807, 2.05) is 68.3 Å². The second-order valence-electron chi connectivity index (χ2n) is 17.4. The highest BCUT2D eigenvalue weighted by Gasteiger charge is 2.42. The lowest BCUT2D eigenvalue weighted by Crippen LogP contribution is -2.52. The number of hydrogen-bond donors (Lipinski definition) is 4. The van der Waals surface area contributed by atoms with Gasteiger partial charge in [-0.1, -0.05) is 69.3 Å². The van der Waals surface area contributed by atoms with Crippen LogP contribution in [0, 0.1) is 11.8 Å². The molecule has 0 aliphatic carbocycles. The van der Waals surface area contributed by atoms with Crippen molar-refractivity contribution in [1.82, 2.24) is 40.4 Å². The molecule has 326 valence electrons. The number of alkyl carbamates (subject to hydrolysis) is 2. The van der Waals surface area contributed by atoms with E-state index in [0.29, 0.717) is 30.4 Å². The third kappa shape index (κ3) is 7.69. The maximum Gasteiger partial charge on any atom is 0.407 e. The number of likely N-dealkylation sites (tertiary alicyclic amines) is 2. The van der Waals surface area contributed by atoms with E-state index in [-0.39, 0.29) is 41.8 Å². The molecular weight excluding hydrogens is 801 g/mol. The third-order valence-electron chi connectivity index (χ3n) is 12.8. The van der Waals surface area contributed by atoms with E-state index in [0.717, 1.165) is 74.8 Å². The summed E-state index contributed by atoms with van der Waals surface area (Å²) in [5.74, 6) is 1.87. The summed E-state index contributed by atoms with van der Waals surface area (Å²) in [6, 6.07) is 21.6. The fraction of sp³-hybridized carbons (Fsp3) is 0.375. The summed E-state index contributed by atoms with van der Waals surface area (Å²) in [6.45, 7) is 8.86. The first-order chi connectivity index (χ1) is 30.4. The Bertz CT molecular complexity index is 2730. The minimum atomic E-state index is -0.907. The van der Waals surface area contributed by atoms with Crippen molar-refractivity contribution in [2.24, 2.45) is 11.8 Å². The van der Waals surface area contributed by atoms with Crippen molar-refractivity contribution < 1.29 is 33.4 Å². The molecular formula is C48H52N8O7. The standard InChI is InChI=1S/C48H52N8O7/c1-25(2)40(53-47(59)61-5)46(58)56-27(4)12-17-37(56)44-50-35-16-14-29-20-34-32-15-13-30(19-31(32)24-63-39(34)21-33(29)42(35)52-44)36-22-49-43(51-36)38-18-26(3)23-55(38)45(57)41(54-48(60)62-6)28-10-8-7-9-11-28/h7-11,13-16,19-22,25-27,37-38,40-41H,12,17-18,23-24H2,1-6H3,(H,49,51)(H,50,52)(H,53,59)(H,54,60)/t26-,27-,37-,38-,40-,41?/m0/s1. The quantitative estimate of drug-likeness (QED) is 0.112. The highest BCUT2D eigenvalue weighted by atomic mass is 16.5. The Balaban J connectivity index is 0.967. The first kappa shape index (κ1) is 41.5. The molecule has 0 spiro atoms. The van der Waals surface area contributed by atoms with E-state index in [4.69, 9.17) is 24.2 Å². The molecule has 9 rings (SSSR count). The van der Waals surface area contributed by atoms with Crippen LogP contribution in [0.2, 0.25) is 0 Å². The summed E-state index contributed by atoms with van der Waals surface area (Å²) in [5.41, 5.74) is 7.20. The maximum absolute atomic E-state index is 14.2. The molecule has 2 fully saturated rings. The summed E-state index contributed by atoms with van der Waals surface area (Å²) in [6.07, 6.45) is 2.77. The molecule has 3 aliphatic rings. The van der Waals surface area contributed by atoms with Crippen molar-refractivity contribution in [2.75, 3.05) is 20.8 Å². The van der Waals surface area contributed by atoms with Crippen LogP contribution in [-0.4, -0.2) is 86.6 Å². The van der Waals surface area contributed by atoms with Crippen LogP contribution in [0.25, 0.3) is 44.2 Å². The number of benzene rings is 4. The minimum Gasteiger partial charge on any atom is -0.488 e. The monoisotopic (exact) mass is 852 g/mol. The second kappa shape index (κ2) is 16.8. The van der Waals surface area contributed by atoms with Crippen molar-refractivity contribution in [3.05, 3.63) is 102 Å². The Hall–Kier alpha value is -6.90. The van der Waals surface area contributed by atoms with Crippen LogP contribution in [-0.2, 0) is 25.7 Å². The number of aromatic nitrogens is 4. The predicted molar refractivity (Wildman–Crippen MR) is 236 cm³/mol. The van der Waals surface area contributed by atoms with Gasteiger partial charge in [0.25, 0.3) is 5.91 Å². The zero-order chi connectivity index (χ0) is 44.1. The molecule has 2 aromatic heterocycles. The smallest absolute Gasteiger partial charge is 0.407 e. The minimum absolute atomic E-state index is 0.0296. The Morgan fingerprint density at radius 1 is 0.841 bits per heavy atom. The lowest BCUT2D eigenvalue weighted by atomic mass is 9.92. The van der Waals surface area contributed by atoms with E-state index in [1.165, 1.54) is 14.2 Å². The van der Waals surface area contributed by atoms with Gasteiger partial charge in [-0.3, -0.25) is 9.59 Å². The Labute approximate surface area is 364 Å². The van der Waals surface area contributed by atoms with E-state index in [2.05, 4.69) is 63.9 Å². The molecule has 63 heavy (non-hydrogen) atoms. The van der Waals surface area contributed by atoms with Gasteiger partial charge in [-0.05, 0) is 89.9 Å². The predicted octanol–water partition coefficient (Wildman–Crippen LogP) is 8.11. The molecule has 0 saturated carbocycles. The van der Waals surface area contributed by atoms with Gasteiger partial charge in [0, 0.05) is 23.5 Å². The number of fused-ring (bicyclic) bond motifs is 6. The number of nitrogens with zero attached hydrogens (tertiary/aromatic N) is 4. The molecule has 4 aromatic carbocycles. The Morgan fingerprint density at radius 3 is 2.38 bits per heavy atom. The van der Waals surface area contributed by atoms with Crippen molar-refractivity contribution in [3.63, 3.8) is 0 Å². The first-order valence-corrected chi connectivity index (χ1v) is 21.6. The number of rotatable bonds is 9. The van der Waals surface area contributed by atoms with Gasteiger partial charge in [-0.2, -0.15) is 0 Å². The van der Waals surface area contributed by atoms with Gasteiger partial charge in [-0.15, -0.1) is 0 Å². The average Bonchev–Trinajstić information content (AvgIpc) is 4.12. The topological polar surface area (TPSA) is 184 Å². The highest BCUT2D eigenvalue weighted by Crippen LogP contribution is 2.44. The van der Waals surface area contributed by atoms with Crippen LogP contribution < -0.4 is 15.4 Å². The zero-order valence-electron chi connectivity index (χ0n) is 36.2. The van der Waals surface area contributed by atoms with Crippen molar-refractivity contribution in [1.29, 1.82) is 0 Å². The second-order valence-corrected chi connectivity index (χ2v) is 17.4. The number of amides is 4. The number of ether oxygens (including phenoxy) is 3. The Kier molecular flexibility index (Phi) is 11.0. The highest BCUT2D eigenvalue weighted by molar-refractivity contribution is 6.07. The number of carbonyl (C=O) groups excluding carboxylic acids is 4. The van der Waals surface area contributed by atoms with Gasteiger partial charge >= 0.3 is 12.2 Å². The van der Waals surface area contributed by atoms with E-state index in [9.17, 15) is 19.2 Å². The number of hydrogen-bond acceptors (Lipinski definition) is 9. The summed E-state index contributed by atoms with van der Waals surface area (Å²) < 4.78 is 16.1. The van der Waals surface area contributed by atoms with Crippen LogP contribution in [0.5, 0.6) is 5.75 Å². The van der Waals surface area contributed by atoms with Crippen LogP contribution in [0.1, 0.15) is 87.9 Å². The van der Waals surface area contributed by atoms with Gasteiger partial charge in [0.2, 0.25) is 5.91 Å². The maximum atomic E-state index is 14.2. The third-order valence-corrected chi connectivity index (χ3v) is 12.8. The van der Waals surface area contributed by atoms with Gasteiger partial charge in [-0.25, -0.2) is 19.6 Å². The van der Waals surface area contributed by atoms with E-state index < -0.39 is 24.3 Å². The zero-order valence-corrected chi connectivity index (χ0v) is 36.2. The van der Waals surface area contributed by atoms with Crippen LogP contribution in [0.3, 0.4) is 0 Å². The number of nitrogens with one attached hydrogen (secondary N) is 4. The van der Waals surface area contributed by atoms with E-state index >= 15 is 0 Å². The first-order valence-electron chi connectivity index (χ1n) is 21.6. The largest absolute Gasteiger partial charge is 0.488 e. The van der Waals surface area contributed by atoms with Gasteiger partial charge < -0.3 is 44.6 Å². The van der Waals surface area contributed by atoms with Crippen molar-refractivity contribution in [2.45, 2.75) is 83.8 Å². The molecule has 5 heterocycles. The normalized spacial score (nSPS) is 20.2. The van der Waals surface area contributed by atoms with Crippen LogP contribution >= 0.6 is 0 Å². The lowest BCUT2D eigenvalue weighted by molar-refractivity contribution is -0.137. The summed E-state index contributed by atoms with van der Waals surface area (Å²) in [7, 11) is 2.58. The SMILES string of the molecule is COC(=O)NC(C(=O)N1C[C@@H](C)C[C@H]1c1ncc(-c2ccc3c(c2)COc2cc4c(ccc5[nH]c([C@@H]6CC[C@H](C)N6C(=O)[C@@H](NC(=O)OC)C(C)C)nc54)cc2-3)[nH]1)c1ccccc1. The number of carbonyl (C=O) groups is 4. The molecule has 0 bridgehead atoms. The summed E-state index contributed by atoms with van der Waals surface area (Å²) in [5, 5.41) is 7.43. The molecule has 2 saturated heterocycles. The number of methoxy groups -OCH3 is 2. The number of H-pyrrole nitrogens is 2. The molecule has 3 aliphatic heterocycles. The lowest BCUT2D eigenvalue weighted by Gasteiger charge is -2.32. The Morgan fingerprint density at radius 2 is 1.62 bits per heavy atom. The number of aromatic amines is 2. The molecule has 15 heteroatoms. The molecule has 15 nitrogen and oxygen atoms in total. The fourth-order valence-electron chi connectivity index (χ4n) is 9.59. The summed E-state index contributed by atoms with van der Waals surface area (Å²) >= 11 is 0.